The number of hydrogen-bond acceptors (Lipinski definition) is 3. The van der Waals surface area contributed by atoms with Gasteiger partial charge in [-0.3, -0.25) is 9.36 Å². The van der Waals surface area contributed by atoms with Crippen molar-refractivity contribution in [2.75, 3.05) is 13.1 Å². The van der Waals surface area contributed by atoms with Gasteiger partial charge in [-0.05, 0) is 6.42 Å². The largest absolute Gasteiger partial charge is 0.401 e. The van der Waals surface area contributed by atoms with Gasteiger partial charge in [0, 0.05) is 31.9 Å². The van der Waals surface area contributed by atoms with Gasteiger partial charge >= 0.3 is 11.9 Å². The van der Waals surface area contributed by atoms with Gasteiger partial charge < -0.3 is 9.88 Å². The minimum Gasteiger partial charge on any atom is -0.307 e. The SMILES string of the molecule is CCCn1ccc(=O)n(CCNCC(F)(F)F)c1=O. The maximum absolute atomic E-state index is 11.9. The Kier molecular flexibility index (Phi) is 5.34. The highest BCUT2D eigenvalue weighted by atomic mass is 19.4. The second kappa shape index (κ2) is 6.55. The van der Waals surface area contributed by atoms with Crippen molar-refractivity contribution < 1.29 is 13.2 Å². The molecule has 0 amide bonds. The minimum absolute atomic E-state index is 0.0850. The number of alkyl halides is 3. The van der Waals surface area contributed by atoms with Gasteiger partial charge in [-0.1, -0.05) is 6.92 Å². The third-order valence-corrected chi connectivity index (χ3v) is 2.44. The molecule has 5 nitrogen and oxygen atoms in total. The Hall–Kier alpha value is -1.57. The van der Waals surface area contributed by atoms with Crippen LogP contribution in [0.4, 0.5) is 13.2 Å². The molecule has 0 fully saturated rings. The Balaban J connectivity index is 2.70. The zero-order chi connectivity index (χ0) is 14.5. The Morgan fingerprint density at radius 3 is 2.53 bits per heavy atom. The molecule has 0 aliphatic heterocycles. The first-order valence-electron chi connectivity index (χ1n) is 5.93. The highest BCUT2D eigenvalue weighted by Gasteiger charge is 2.25. The van der Waals surface area contributed by atoms with Crippen molar-refractivity contribution in [2.24, 2.45) is 0 Å². The smallest absolute Gasteiger partial charge is 0.307 e. The molecule has 0 unspecified atom stereocenters. The van der Waals surface area contributed by atoms with Gasteiger partial charge in [0.1, 0.15) is 0 Å². The van der Waals surface area contributed by atoms with E-state index in [2.05, 4.69) is 5.32 Å². The van der Waals surface area contributed by atoms with Crippen LogP contribution >= 0.6 is 0 Å². The average molecular weight is 279 g/mol. The van der Waals surface area contributed by atoms with Crippen LogP contribution in [0.1, 0.15) is 13.3 Å². The van der Waals surface area contributed by atoms with E-state index in [-0.39, 0.29) is 13.1 Å². The van der Waals surface area contributed by atoms with Gasteiger partial charge in [0.15, 0.2) is 0 Å². The maximum atomic E-state index is 11.9. The molecule has 0 saturated heterocycles. The van der Waals surface area contributed by atoms with Crippen LogP contribution in [0.3, 0.4) is 0 Å². The molecule has 1 aromatic heterocycles. The summed E-state index contributed by atoms with van der Waals surface area (Å²) < 4.78 is 38.0. The minimum atomic E-state index is -4.30. The number of aryl methyl sites for hydroxylation is 1. The van der Waals surface area contributed by atoms with Gasteiger partial charge in [-0.2, -0.15) is 13.2 Å². The van der Waals surface area contributed by atoms with E-state index in [9.17, 15) is 22.8 Å². The number of nitrogens with zero attached hydrogens (tertiary/aromatic N) is 2. The summed E-state index contributed by atoms with van der Waals surface area (Å²) in [6.07, 6.45) is -2.18. The fourth-order valence-electron chi connectivity index (χ4n) is 1.59. The summed E-state index contributed by atoms with van der Waals surface area (Å²) in [5.74, 6) is 0. The van der Waals surface area contributed by atoms with Crippen molar-refractivity contribution in [3.8, 4) is 0 Å². The van der Waals surface area contributed by atoms with E-state index in [1.165, 1.54) is 16.8 Å². The van der Waals surface area contributed by atoms with Crippen molar-refractivity contribution in [3.05, 3.63) is 33.1 Å². The fourth-order valence-corrected chi connectivity index (χ4v) is 1.59. The second-order valence-electron chi connectivity index (χ2n) is 4.07. The van der Waals surface area contributed by atoms with Gasteiger partial charge in [-0.15, -0.1) is 0 Å². The molecule has 19 heavy (non-hydrogen) atoms. The van der Waals surface area contributed by atoms with Crippen LogP contribution in [-0.2, 0) is 13.1 Å². The predicted molar refractivity (Wildman–Crippen MR) is 64.2 cm³/mol. The molecule has 0 radical (unpaired) electrons. The number of hydrogen-bond donors (Lipinski definition) is 1. The second-order valence-corrected chi connectivity index (χ2v) is 4.07. The molecule has 1 heterocycles. The lowest BCUT2D eigenvalue weighted by atomic mass is 10.4. The highest BCUT2D eigenvalue weighted by molar-refractivity contribution is 4.86. The molecule has 1 N–H and O–H groups in total. The zero-order valence-electron chi connectivity index (χ0n) is 10.5. The molecule has 1 rings (SSSR count). The highest BCUT2D eigenvalue weighted by Crippen LogP contribution is 2.11. The molecule has 0 aromatic carbocycles. The molecule has 0 aliphatic carbocycles. The molecule has 8 heteroatoms. The van der Waals surface area contributed by atoms with E-state index in [0.717, 1.165) is 11.0 Å². The van der Waals surface area contributed by atoms with Crippen molar-refractivity contribution in [1.29, 1.82) is 0 Å². The van der Waals surface area contributed by atoms with Crippen LogP contribution < -0.4 is 16.6 Å². The summed E-state index contributed by atoms with van der Waals surface area (Å²) in [6.45, 7) is 1.03. The van der Waals surface area contributed by atoms with Gasteiger partial charge in [0.05, 0.1) is 6.54 Å². The molecule has 0 atom stereocenters. The van der Waals surface area contributed by atoms with Crippen molar-refractivity contribution >= 4 is 0 Å². The van der Waals surface area contributed by atoms with E-state index in [0.29, 0.717) is 6.54 Å². The zero-order valence-corrected chi connectivity index (χ0v) is 10.5. The quantitative estimate of drug-likeness (QED) is 0.775. The Bertz CT molecular complexity index is 519. The lowest BCUT2D eigenvalue weighted by Gasteiger charge is -2.10. The summed E-state index contributed by atoms with van der Waals surface area (Å²) >= 11 is 0. The molecular formula is C11H16F3N3O2. The normalized spacial score (nSPS) is 11.8. The molecule has 108 valence electrons. The summed E-state index contributed by atoms with van der Waals surface area (Å²) in [4.78, 5) is 23.3. The van der Waals surface area contributed by atoms with E-state index in [1.54, 1.807) is 0 Å². The maximum Gasteiger partial charge on any atom is 0.401 e. The lowest BCUT2D eigenvalue weighted by Crippen LogP contribution is -2.42. The summed E-state index contributed by atoms with van der Waals surface area (Å²) in [6, 6.07) is 1.24. The fraction of sp³-hybridized carbons (Fsp3) is 0.636. The third-order valence-electron chi connectivity index (χ3n) is 2.44. The lowest BCUT2D eigenvalue weighted by molar-refractivity contribution is -0.124. The van der Waals surface area contributed by atoms with Gasteiger partial charge in [0.2, 0.25) is 0 Å². The molecule has 0 aliphatic rings. The Morgan fingerprint density at radius 2 is 1.95 bits per heavy atom. The van der Waals surface area contributed by atoms with Crippen LogP contribution in [0.15, 0.2) is 21.9 Å². The van der Waals surface area contributed by atoms with Crippen molar-refractivity contribution in [3.63, 3.8) is 0 Å². The molecular weight excluding hydrogens is 263 g/mol. The number of aromatic nitrogens is 2. The number of rotatable bonds is 6. The molecule has 0 bridgehead atoms. The van der Waals surface area contributed by atoms with Crippen LogP contribution in [0.5, 0.6) is 0 Å². The Morgan fingerprint density at radius 1 is 1.26 bits per heavy atom. The number of nitrogens with one attached hydrogen (secondary N) is 1. The van der Waals surface area contributed by atoms with E-state index >= 15 is 0 Å². The molecule has 1 aromatic rings. The van der Waals surface area contributed by atoms with Crippen LogP contribution in [0.25, 0.3) is 0 Å². The van der Waals surface area contributed by atoms with Crippen LogP contribution in [0.2, 0.25) is 0 Å². The average Bonchev–Trinajstić information content (AvgIpc) is 2.30. The van der Waals surface area contributed by atoms with E-state index in [1.807, 2.05) is 6.92 Å². The Labute approximate surface area is 107 Å². The predicted octanol–water partition coefficient (Wildman–Crippen LogP) is 0.572. The van der Waals surface area contributed by atoms with Gasteiger partial charge in [-0.25, -0.2) is 4.79 Å². The molecule has 0 spiro atoms. The van der Waals surface area contributed by atoms with Gasteiger partial charge in [0.25, 0.3) is 5.56 Å². The first kappa shape index (κ1) is 15.5. The van der Waals surface area contributed by atoms with E-state index < -0.39 is 24.0 Å². The molecule has 0 saturated carbocycles. The van der Waals surface area contributed by atoms with E-state index in [4.69, 9.17) is 0 Å². The van der Waals surface area contributed by atoms with Crippen molar-refractivity contribution in [1.82, 2.24) is 14.5 Å². The third kappa shape index (κ3) is 4.90. The summed E-state index contributed by atoms with van der Waals surface area (Å²) in [5, 5.41) is 2.15. The monoisotopic (exact) mass is 279 g/mol. The van der Waals surface area contributed by atoms with Crippen molar-refractivity contribution in [2.45, 2.75) is 32.6 Å². The van der Waals surface area contributed by atoms with Crippen LogP contribution in [-0.4, -0.2) is 28.4 Å². The van der Waals surface area contributed by atoms with Crippen LogP contribution in [0, 0.1) is 0 Å². The first-order chi connectivity index (χ1) is 8.85. The standard InChI is InChI=1S/C11H16F3N3O2/c1-2-5-16-6-3-9(18)17(10(16)19)7-4-15-8-11(12,13)14/h3,6,15H,2,4-5,7-8H2,1H3. The topological polar surface area (TPSA) is 56.0 Å². The number of halogens is 3. The first-order valence-corrected chi connectivity index (χ1v) is 5.93. The summed E-state index contributed by atoms with van der Waals surface area (Å²) in [7, 11) is 0. The summed E-state index contributed by atoms with van der Waals surface area (Å²) in [5.41, 5.74) is -1.01.